The summed E-state index contributed by atoms with van der Waals surface area (Å²) in [4.78, 5) is 25.9. The number of hydrogen-bond donors (Lipinski definition) is 0. The van der Waals surface area contributed by atoms with Crippen molar-refractivity contribution in [2.24, 2.45) is 4.99 Å². The van der Waals surface area contributed by atoms with Crippen LogP contribution in [0.25, 0.3) is 0 Å². The van der Waals surface area contributed by atoms with Crippen LogP contribution in [0.1, 0.15) is 153 Å². The summed E-state index contributed by atoms with van der Waals surface area (Å²) < 4.78 is 0. The van der Waals surface area contributed by atoms with E-state index in [2.05, 4.69) is 32.7 Å². The Morgan fingerprint density at radius 3 is 1.26 bits per heavy atom. The topological polar surface area (TPSA) is 46.5 Å². The van der Waals surface area contributed by atoms with Gasteiger partial charge in [-0.1, -0.05) is 119 Å². The Hall–Kier alpha value is -1.25. The van der Waals surface area contributed by atoms with Gasteiger partial charge in [-0.15, -0.1) is 0 Å². The van der Waals surface area contributed by atoms with Gasteiger partial charge >= 0.3 is 0 Å². The van der Waals surface area contributed by atoms with Crippen LogP contribution in [-0.2, 0) is 9.59 Å². The first-order chi connectivity index (χ1) is 14.8. The van der Waals surface area contributed by atoms with Crippen LogP contribution in [0.4, 0.5) is 0 Å². The minimum Gasteiger partial charge on any atom is -0.300 e. The minimum atomic E-state index is -0.143. The molecule has 0 saturated carbocycles. The lowest BCUT2D eigenvalue weighted by Crippen LogP contribution is -2.06. The second kappa shape index (κ2) is 33.4. The SMILES string of the molecule is CC.CC=N/C(C)=C(\C)C(=O)CC(C)=O.CCC.CCCCCCCCCCCCC. The summed E-state index contributed by atoms with van der Waals surface area (Å²) in [6.45, 7) is 19.5. The van der Waals surface area contributed by atoms with Crippen molar-refractivity contribution in [3.63, 3.8) is 0 Å². The van der Waals surface area contributed by atoms with E-state index in [0.717, 1.165) is 0 Å². The van der Waals surface area contributed by atoms with Crippen LogP contribution >= 0.6 is 0 Å². The molecule has 0 heterocycles. The van der Waals surface area contributed by atoms with Crippen LogP contribution < -0.4 is 0 Å². The number of hydrogen-bond acceptors (Lipinski definition) is 3. The van der Waals surface area contributed by atoms with Crippen molar-refractivity contribution in [2.45, 2.75) is 153 Å². The van der Waals surface area contributed by atoms with E-state index in [1.165, 1.54) is 84.0 Å². The van der Waals surface area contributed by atoms with Crippen LogP contribution in [0.5, 0.6) is 0 Å². The number of carbonyl (C=O) groups excluding carboxylic acids is 2. The molecule has 0 spiro atoms. The third kappa shape index (κ3) is 36.5. The van der Waals surface area contributed by atoms with E-state index >= 15 is 0 Å². The molecule has 0 aromatic heterocycles. The average molecular weight is 440 g/mol. The molecule has 0 aliphatic heterocycles. The summed E-state index contributed by atoms with van der Waals surface area (Å²) in [6.07, 6.45) is 18.8. The molecular formula is C28H57NO2. The molecule has 31 heavy (non-hydrogen) atoms. The molecule has 0 unspecified atom stereocenters. The molecule has 3 nitrogen and oxygen atoms in total. The first-order valence-corrected chi connectivity index (χ1v) is 13.0. The fourth-order valence-corrected chi connectivity index (χ4v) is 2.59. The van der Waals surface area contributed by atoms with Crippen molar-refractivity contribution in [1.82, 2.24) is 0 Å². The standard InChI is InChI=1S/C13H28.C10H15NO2.C3H8.C2H6/c1-3-5-7-9-11-13-12-10-8-6-4-2;1-5-11-9(4)8(3)10(13)6-7(2)12;1-3-2;1-2/h3-13H2,1-2H3;5H,6H2,1-4H3;3H2,1-2H3;1-2H3/b;9-8+,11-5?;;. The van der Waals surface area contributed by atoms with Gasteiger partial charge in [0.2, 0.25) is 0 Å². The largest absolute Gasteiger partial charge is 0.300 e. The van der Waals surface area contributed by atoms with Gasteiger partial charge in [-0.25, -0.2) is 0 Å². The third-order valence-electron chi connectivity index (χ3n) is 4.40. The van der Waals surface area contributed by atoms with Gasteiger partial charge in [-0.05, 0) is 27.7 Å². The minimum absolute atomic E-state index is 0.0254. The van der Waals surface area contributed by atoms with Gasteiger partial charge in [0, 0.05) is 17.5 Å². The number of rotatable bonds is 14. The number of carbonyl (C=O) groups is 2. The fraction of sp³-hybridized carbons (Fsp3) is 0.821. The molecule has 0 aliphatic rings. The number of Topliss-reactive ketones (excluding diaryl/α,β-unsaturated/α-hetero) is 2. The van der Waals surface area contributed by atoms with Crippen molar-refractivity contribution < 1.29 is 9.59 Å². The summed E-state index contributed by atoms with van der Waals surface area (Å²) in [5, 5.41) is 0. The Labute approximate surface area is 196 Å². The Kier molecular flexibility index (Phi) is 39.9. The summed E-state index contributed by atoms with van der Waals surface area (Å²) in [6, 6.07) is 0. The number of unbranched alkanes of at least 4 members (excludes halogenated alkanes) is 10. The molecule has 0 fully saturated rings. The highest BCUT2D eigenvalue weighted by Gasteiger charge is 2.09. The van der Waals surface area contributed by atoms with Crippen LogP contribution in [0.2, 0.25) is 0 Å². The van der Waals surface area contributed by atoms with Crippen molar-refractivity contribution in [3.05, 3.63) is 11.3 Å². The Bertz CT molecular complexity index is 426. The normalized spacial score (nSPS) is 10.6. The van der Waals surface area contributed by atoms with Gasteiger partial charge in [-0.3, -0.25) is 14.6 Å². The molecule has 0 saturated heterocycles. The molecule has 0 bridgehead atoms. The molecule has 0 N–H and O–H groups in total. The zero-order chi connectivity index (χ0) is 24.9. The maximum Gasteiger partial charge on any atom is 0.167 e. The zero-order valence-electron chi connectivity index (χ0n) is 23.0. The Morgan fingerprint density at radius 2 is 1.00 bits per heavy atom. The Morgan fingerprint density at radius 1 is 0.677 bits per heavy atom. The van der Waals surface area contributed by atoms with Crippen molar-refractivity contribution in [1.29, 1.82) is 0 Å². The lowest BCUT2D eigenvalue weighted by atomic mass is 10.1. The molecule has 0 atom stereocenters. The molecule has 0 aromatic rings. The van der Waals surface area contributed by atoms with Crippen LogP contribution in [0, 0.1) is 0 Å². The highest BCUT2D eigenvalue weighted by molar-refractivity contribution is 6.06. The van der Waals surface area contributed by atoms with Crippen molar-refractivity contribution in [2.75, 3.05) is 0 Å². The van der Waals surface area contributed by atoms with E-state index in [1.54, 1.807) is 27.0 Å². The van der Waals surface area contributed by atoms with Gasteiger partial charge in [0.25, 0.3) is 0 Å². The molecular weight excluding hydrogens is 382 g/mol. The van der Waals surface area contributed by atoms with Crippen LogP contribution in [0.15, 0.2) is 16.3 Å². The summed E-state index contributed by atoms with van der Waals surface area (Å²) in [7, 11) is 0. The molecule has 0 rings (SSSR count). The van der Waals surface area contributed by atoms with E-state index in [0.29, 0.717) is 11.3 Å². The molecule has 0 aliphatic carbocycles. The quantitative estimate of drug-likeness (QED) is 0.117. The second-order valence-electron chi connectivity index (χ2n) is 7.79. The summed E-state index contributed by atoms with van der Waals surface area (Å²) in [5.74, 6) is -0.256. The molecule has 3 heteroatoms. The smallest absolute Gasteiger partial charge is 0.167 e. The van der Waals surface area contributed by atoms with Crippen LogP contribution in [-0.4, -0.2) is 17.8 Å². The number of aliphatic imine (C=N–C) groups is 1. The third-order valence-corrected chi connectivity index (χ3v) is 4.40. The maximum atomic E-state index is 11.3. The van der Waals surface area contributed by atoms with Crippen molar-refractivity contribution in [3.8, 4) is 0 Å². The highest BCUT2D eigenvalue weighted by Crippen LogP contribution is 2.11. The molecule has 0 radical (unpaired) electrons. The van der Waals surface area contributed by atoms with E-state index in [1.807, 2.05) is 13.8 Å². The number of ketones is 2. The van der Waals surface area contributed by atoms with Gasteiger partial charge in [-0.2, -0.15) is 0 Å². The number of allylic oxidation sites excluding steroid dienone is 2. The van der Waals surface area contributed by atoms with E-state index in [4.69, 9.17) is 0 Å². The second-order valence-corrected chi connectivity index (χ2v) is 7.79. The van der Waals surface area contributed by atoms with Crippen molar-refractivity contribution >= 4 is 17.8 Å². The lowest BCUT2D eigenvalue weighted by molar-refractivity contribution is -0.123. The average Bonchev–Trinajstić information content (AvgIpc) is 2.74. The first kappa shape index (κ1) is 37.1. The maximum absolute atomic E-state index is 11.3. The monoisotopic (exact) mass is 439 g/mol. The fourth-order valence-electron chi connectivity index (χ4n) is 2.59. The predicted molar refractivity (Wildman–Crippen MR) is 142 cm³/mol. The summed E-state index contributed by atoms with van der Waals surface area (Å²) in [5.41, 5.74) is 1.24. The number of nitrogens with zero attached hydrogens (tertiary/aromatic N) is 1. The summed E-state index contributed by atoms with van der Waals surface area (Å²) >= 11 is 0. The van der Waals surface area contributed by atoms with E-state index in [-0.39, 0.29) is 18.0 Å². The molecule has 186 valence electrons. The van der Waals surface area contributed by atoms with E-state index < -0.39 is 0 Å². The van der Waals surface area contributed by atoms with Crippen LogP contribution in [0.3, 0.4) is 0 Å². The van der Waals surface area contributed by atoms with Gasteiger partial charge in [0.05, 0.1) is 6.42 Å². The lowest BCUT2D eigenvalue weighted by Gasteiger charge is -2.00. The Balaban J connectivity index is -0.000000194. The van der Waals surface area contributed by atoms with Gasteiger partial charge in [0.15, 0.2) is 5.78 Å². The molecule has 0 aromatic carbocycles. The highest BCUT2D eigenvalue weighted by atomic mass is 16.1. The van der Waals surface area contributed by atoms with Gasteiger partial charge in [0.1, 0.15) is 5.78 Å². The first-order valence-electron chi connectivity index (χ1n) is 13.0. The van der Waals surface area contributed by atoms with Gasteiger partial charge < -0.3 is 0 Å². The predicted octanol–water partition coefficient (Wildman–Crippen LogP) is 9.68. The zero-order valence-corrected chi connectivity index (χ0v) is 23.0. The van der Waals surface area contributed by atoms with E-state index in [9.17, 15) is 9.59 Å². The molecule has 0 amide bonds.